The second-order valence-electron chi connectivity index (χ2n) is 4.61. The Labute approximate surface area is 121 Å². The average Bonchev–Trinajstić information content (AvgIpc) is 2.53. The van der Waals surface area contributed by atoms with Crippen molar-refractivity contribution in [3.05, 3.63) is 60.2 Å². The number of pyridine rings is 1. The normalized spacial score (nSPS) is 10.5. The number of hydrogen-bond acceptors (Lipinski definition) is 3. The summed E-state index contributed by atoms with van der Waals surface area (Å²) in [6.45, 7) is 0. The Balaban J connectivity index is 2.25. The summed E-state index contributed by atoms with van der Waals surface area (Å²) < 4.78 is 5.20. The van der Waals surface area contributed by atoms with Gasteiger partial charge >= 0.3 is 5.97 Å². The molecule has 1 heterocycles. The molecule has 0 atom stereocenters. The number of benzene rings is 2. The van der Waals surface area contributed by atoms with Crippen molar-refractivity contribution in [1.82, 2.24) is 4.98 Å². The predicted octanol–water partition coefficient (Wildman–Crippen LogP) is 3.61. The number of carboxylic acids is 1. The third-order valence-electron chi connectivity index (χ3n) is 3.31. The molecular formula is C17H13NO3. The van der Waals surface area contributed by atoms with Gasteiger partial charge < -0.3 is 9.84 Å². The van der Waals surface area contributed by atoms with Crippen molar-refractivity contribution in [2.45, 2.75) is 0 Å². The molecular weight excluding hydrogens is 266 g/mol. The number of carbonyl (C=O) groups is 1. The Bertz CT molecular complexity index is 827. The summed E-state index contributed by atoms with van der Waals surface area (Å²) >= 11 is 0. The van der Waals surface area contributed by atoms with E-state index in [2.05, 4.69) is 4.98 Å². The van der Waals surface area contributed by atoms with Crippen LogP contribution in [0.4, 0.5) is 0 Å². The maximum atomic E-state index is 11.5. The summed E-state index contributed by atoms with van der Waals surface area (Å²) in [6, 6.07) is 16.2. The van der Waals surface area contributed by atoms with Gasteiger partial charge in [-0.2, -0.15) is 0 Å². The molecule has 2 aromatic carbocycles. The minimum absolute atomic E-state index is 0.249. The van der Waals surface area contributed by atoms with Crippen molar-refractivity contribution >= 4 is 16.9 Å². The van der Waals surface area contributed by atoms with Crippen LogP contribution in [0, 0.1) is 0 Å². The van der Waals surface area contributed by atoms with E-state index in [0.29, 0.717) is 22.3 Å². The van der Waals surface area contributed by atoms with Gasteiger partial charge in [0.2, 0.25) is 0 Å². The van der Waals surface area contributed by atoms with Gasteiger partial charge in [0, 0.05) is 10.9 Å². The molecule has 3 rings (SSSR count). The maximum absolute atomic E-state index is 11.5. The highest BCUT2D eigenvalue weighted by atomic mass is 16.5. The summed E-state index contributed by atoms with van der Waals surface area (Å²) in [7, 11) is 1.59. The SMILES string of the molecule is COc1cccc(-c2cc(C(=O)O)c3ccccc3n2)c1. The first kappa shape index (κ1) is 13.1. The van der Waals surface area contributed by atoms with Crippen molar-refractivity contribution < 1.29 is 14.6 Å². The standard InChI is InChI=1S/C17H13NO3/c1-21-12-6-4-5-11(9-12)16-10-14(17(19)20)13-7-2-3-8-15(13)18-16/h2-10H,1H3,(H,19,20). The van der Waals surface area contributed by atoms with Gasteiger partial charge in [-0.25, -0.2) is 9.78 Å². The monoisotopic (exact) mass is 279 g/mol. The highest BCUT2D eigenvalue weighted by Gasteiger charge is 2.12. The molecule has 4 nitrogen and oxygen atoms in total. The van der Waals surface area contributed by atoms with Gasteiger partial charge in [-0.1, -0.05) is 30.3 Å². The van der Waals surface area contributed by atoms with Crippen LogP contribution in [0.3, 0.4) is 0 Å². The molecule has 104 valence electrons. The Kier molecular flexibility index (Phi) is 3.28. The van der Waals surface area contributed by atoms with Crippen molar-refractivity contribution in [3.63, 3.8) is 0 Å². The lowest BCUT2D eigenvalue weighted by Crippen LogP contribution is -2.00. The second kappa shape index (κ2) is 5.25. The Morgan fingerprint density at radius 3 is 2.67 bits per heavy atom. The highest BCUT2D eigenvalue weighted by Crippen LogP contribution is 2.27. The smallest absolute Gasteiger partial charge is 0.336 e. The number of nitrogens with zero attached hydrogens (tertiary/aromatic N) is 1. The topological polar surface area (TPSA) is 59.4 Å². The molecule has 0 aliphatic heterocycles. The van der Waals surface area contributed by atoms with Crippen LogP contribution in [0.15, 0.2) is 54.6 Å². The zero-order valence-corrected chi connectivity index (χ0v) is 11.4. The van der Waals surface area contributed by atoms with E-state index >= 15 is 0 Å². The largest absolute Gasteiger partial charge is 0.497 e. The average molecular weight is 279 g/mol. The van der Waals surface area contributed by atoms with Crippen LogP contribution in [0.25, 0.3) is 22.2 Å². The molecule has 0 saturated carbocycles. The highest BCUT2D eigenvalue weighted by molar-refractivity contribution is 6.03. The van der Waals surface area contributed by atoms with Crippen LogP contribution in [-0.2, 0) is 0 Å². The molecule has 0 fully saturated rings. The fourth-order valence-electron chi connectivity index (χ4n) is 2.28. The van der Waals surface area contributed by atoms with Crippen LogP contribution in [-0.4, -0.2) is 23.2 Å². The lowest BCUT2D eigenvalue weighted by molar-refractivity contribution is 0.0699. The molecule has 4 heteroatoms. The lowest BCUT2D eigenvalue weighted by Gasteiger charge is -2.08. The molecule has 1 N–H and O–H groups in total. The van der Waals surface area contributed by atoms with E-state index in [-0.39, 0.29) is 5.56 Å². The van der Waals surface area contributed by atoms with Gasteiger partial charge in [0.1, 0.15) is 5.75 Å². The van der Waals surface area contributed by atoms with Gasteiger partial charge in [-0.3, -0.25) is 0 Å². The van der Waals surface area contributed by atoms with E-state index in [1.165, 1.54) is 0 Å². The fraction of sp³-hybridized carbons (Fsp3) is 0.0588. The van der Waals surface area contributed by atoms with E-state index in [4.69, 9.17) is 4.74 Å². The van der Waals surface area contributed by atoms with E-state index in [9.17, 15) is 9.90 Å². The predicted molar refractivity (Wildman–Crippen MR) is 80.7 cm³/mol. The zero-order valence-electron chi connectivity index (χ0n) is 11.4. The van der Waals surface area contributed by atoms with E-state index in [1.54, 1.807) is 19.2 Å². The lowest BCUT2D eigenvalue weighted by atomic mass is 10.0. The zero-order chi connectivity index (χ0) is 14.8. The molecule has 0 bridgehead atoms. The number of aromatic nitrogens is 1. The van der Waals surface area contributed by atoms with Gasteiger partial charge in [0.25, 0.3) is 0 Å². The van der Waals surface area contributed by atoms with Crippen LogP contribution in [0.5, 0.6) is 5.75 Å². The minimum Gasteiger partial charge on any atom is -0.497 e. The molecule has 0 aliphatic carbocycles. The van der Waals surface area contributed by atoms with Crippen molar-refractivity contribution in [2.75, 3.05) is 7.11 Å². The summed E-state index contributed by atoms with van der Waals surface area (Å²) in [6.07, 6.45) is 0. The van der Waals surface area contributed by atoms with Crippen LogP contribution in [0.2, 0.25) is 0 Å². The first-order valence-corrected chi connectivity index (χ1v) is 6.46. The van der Waals surface area contributed by atoms with Crippen LogP contribution >= 0.6 is 0 Å². The molecule has 3 aromatic rings. The number of carboxylic acid groups (broad SMARTS) is 1. The van der Waals surface area contributed by atoms with Crippen molar-refractivity contribution in [1.29, 1.82) is 0 Å². The molecule has 1 aromatic heterocycles. The van der Waals surface area contributed by atoms with Gasteiger partial charge in [0.15, 0.2) is 0 Å². The van der Waals surface area contributed by atoms with Gasteiger partial charge in [-0.05, 0) is 24.3 Å². The molecule has 0 unspecified atom stereocenters. The van der Waals surface area contributed by atoms with Crippen molar-refractivity contribution in [3.8, 4) is 17.0 Å². The van der Waals surface area contributed by atoms with E-state index in [1.807, 2.05) is 42.5 Å². The third-order valence-corrected chi connectivity index (χ3v) is 3.31. The summed E-state index contributed by atoms with van der Waals surface area (Å²) in [5.74, 6) is -0.253. The minimum atomic E-state index is -0.960. The van der Waals surface area contributed by atoms with Gasteiger partial charge in [0.05, 0.1) is 23.9 Å². The number of methoxy groups -OCH3 is 1. The molecule has 0 amide bonds. The third kappa shape index (κ3) is 2.43. The molecule has 0 spiro atoms. The molecule has 0 saturated heterocycles. The number of hydrogen-bond donors (Lipinski definition) is 1. The van der Waals surface area contributed by atoms with Gasteiger partial charge in [-0.15, -0.1) is 0 Å². The first-order valence-electron chi connectivity index (χ1n) is 6.46. The van der Waals surface area contributed by atoms with Crippen LogP contribution in [0.1, 0.15) is 10.4 Å². The number of aromatic carboxylic acids is 1. The molecule has 21 heavy (non-hydrogen) atoms. The number of para-hydroxylation sites is 1. The summed E-state index contributed by atoms with van der Waals surface area (Å²) in [5.41, 5.74) is 2.35. The quantitative estimate of drug-likeness (QED) is 0.795. The molecule has 0 aliphatic rings. The molecule has 0 radical (unpaired) electrons. The first-order chi connectivity index (χ1) is 10.2. The Morgan fingerprint density at radius 1 is 1.10 bits per heavy atom. The number of fused-ring (bicyclic) bond motifs is 1. The Morgan fingerprint density at radius 2 is 1.90 bits per heavy atom. The van der Waals surface area contributed by atoms with Crippen molar-refractivity contribution in [2.24, 2.45) is 0 Å². The van der Waals surface area contributed by atoms with Crippen LogP contribution < -0.4 is 4.74 Å². The second-order valence-corrected chi connectivity index (χ2v) is 4.61. The fourth-order valence-corrected chi connectivity index (χ4v) is 2.28. The number of rotatable bonds is 3. The number of ether oxygens (including phenoxy) is 1. The Hall–Kier alpha value is -2.88. The summed E-state index contributed by atoms with van der Waals surface area (Å²) in [5, 5.41) is 10.0. The summed E-state index contributed by atoms with van der Waals surface area (Å²) in [4.78, 5) is 16.0. The maximum Gasteiger partial charge on any atom is 0.336 e. The van der Waals surface area contributed by atoms with E-state index in [0.717, 1.165) is 5.56 Å². The van der Waals surface area contributed by atoms with E-state index < -0.39 is 5.97 Å².